The van der Waals surface area contributed by atoms with Gasteiger partial charge in [0.05, 0.1) is 17.3 Å². The van der Waals surface area contributed by atoms with Gasteiger partial charge in [-0.15, -0.1) is 0 Å². The first-order valence-electron chi connectivity index (χ1n) is 5.29. The van der Waals surface area contributed by atoms with Crippen LogP contribution >= 0.6 is 11.6 Å². The molecule has 0 spiro atoms. The van der Waals surface area contributed by atoms with Gasteiger partial charge in [-0.1, -0.05) is 37.6 Å². The molecule has 1 aromatic carbocycles. The fraction of sp³-hybridized carbons (Fsp3) is 0.417. The average molecular weight is 241 g/mol. The smallest absolute Gasteiger partial charge is 0.238 e. The van der Waals surface area contributed by atoms with Gasteiger partial charge in [-0.3, -0.25) is 4.79 Å². The van der Waals surface area contributed by atoms with Crippen molar-refractivity contribution in [2.45, 2.75) is 26.8 Å². The number of para-hydroxylation sites is 1. The molecular formula is C12H17ClN2O. The van der Waals surface area contributed by atoms with Crippen molar-refractivity contribution in [3.05, 3.63) is 28.8 Å². The highest BCUT2D eigenvalue weighted by atomic mass is 35.5. The van der Waals surface area contributed by atoms with E-state index in [1.54, 1.807) is 6.07 Å². The van der Waals surface area contributed by atoms with Crippen molar-refractivity contribution in [3.63, 3.8) is 0 Å². The van der Waals surface area contributed by atoms with Gasteiger partial charge in [0.15, 0.2) is 0 Å². The molecule has 0 radical (unpaired) electrons. The highest BCUT2D eigenvalue weighted by Crippen LogP contribution is 2.24. The maximum absolute atomic E-state index is 11.6. The van der Waals surface area contributed by atoms with Crippen LogP contribution in [0.5, 0.6) is 0 Å². The first-order chi connectivity index (χ1) is 7.50. The Morgan fingerprint density at radius 1 is 1.44 bits per heavy atom. The van der Waals surface area contributed by atoms with E-state index in [-0.39, 0.29) is 11.9 Å². The number of anilines is 1. The molecule has 0 saturated carbocycles. The van der Waals surface area contributed by atoms with Crippen molar-refractivity contribution in [1.82, 2.24) is 5.32 Å². The van der Waals surface area contributed by atoms with Crippen molar-refractivity contribution in [1.29, 1.82) is 0 Å². The molecule has 2 N–H and O–H groups in total. The summed E-state index contributed by atoms with van der Waals surface area (Å²) in [4.78, 5) is 11.6. The van der Waals surface area contributed by atoms with Crippen molar-refractivity contribution >= 4 is 23.2 Å². The predicted octanol–water partition coefficient (Wildman–Crippen LogP) is 2.58. The predicted molar refractivity (Wildman–Crippen MR) is 68.0 cm³/mol. The van der Waals surface area contributed by atoms with Crippen LogP contribution in [-0.4, -0.2) is 18.5 Å². The number of carbonyl (C=O) groups is 1. The molecule has 0 unspecified atom stereocenters. The Kier molecular flexibility index (Phi) is 4.77. The van der Waals surface area contributed by atoms with Crippen LogP contribution in [0, 0.1) is 6.92 Å². The van der Waals surface area contributed by atoms with E-state index in [1.165, 1.54) is 0 Å². The Bertz CT molecular complexity index is 357. The third kappa shape index (κ3) is 3.83. The molecule has 16 heavy (non-hydrogen) atoms. The normalized spacial score (nSPS) is 10.6. The van der Waals surface area contributed by atoms with Gasteiger partial charge >= 0.3 is 0 Å². The zero-order valence-electron chi connectivity index (χ0n) is 9.80. The number of halogens is 1. The molecule has 0 atom stereocenters. The Balaban J connectivity index is 2.63. The van der Waals surface area contributed by atoms with E-state index in [4.69, 9.17) is 11.6 Å². The first kappa shape index (κ1) is 13.0. The summed E-state index contributed by atoms with van der Waals surface area (Å²) in [5, 5.41) is 6.42. The van der Waals surface area contributed by atoms with Crippen LogP contribution in [0.2, 0.25) is 5.02 Å². The molecule has 0 aliphatic heterocycles. The van der Waals surface area contributed by atoms with Gasteiger partial charge < -0.3 is 10.6 Å². The average Bonchev–Trinajstić information content (AvgIpc) is 2.21. The lowest BCUT2D eigenvalue weighted by molar-refractivity contribution is -0.115. The van der Waals surface area contributed by atoms with Crippen LogP contribution in [0.25, 0.3) is 0 Å². The number of nitrogens with one attached hydrogen (secondary N) is 2. The zero-order valence-corrected chi connectivity index (χ0v) is 10.6. The molecule has 0 fully saturated rings. The SMILES string of the molecule is Cc1cccc(Cl)c1NC(=O)CNC(C)C. The first-order valence-corrected chi connectivity index (χ1v) is 5.67. The summed E-state index contributed by atoms with van der Waals surface area (Å²) in [5.74, 6) is -0.0788. The molecule has 1 amide bonds. The number of benzene rings is 1. The Morgan fingerprint density at radius 3 is 2.69 bits per heavy atom. The van der Waals surface area contributed by atoms with E-state index in [9.17, 15) is 4.79 Å². The van der Waals surface area contributed by atoms with Gasteiger partial charge in [-0.25, -0.2) is 0 Å². The summed E-state index contributed by atoms with van der Waals surface area (Å²) in [5.41, 5.74) is 1.66. The Labute approximate surface area is 101 Å². The molecule has 1 aromatic rings. The molecule has 3 nitrogen and oxygen atoms in total. The molecule has 88 valence electrons. The van der Waals surface area contributed by atoms with Gasteiger partial charge in [0.2, 0.25) is 5.91 Å². The summed E-state index contributed by atoms with van der Waals surface area (Å²) >= 11 is 6.00. The van der Waals surface area contributed by atoms with Gasteiger partial charge in [0.1, 0.15) is 0 Å². The topological polar surface area (TPSA) is 41.1 Å². The van der Waals surface area contributed by atoms with Crippen LogP contribution in [0.4, 0.5) is 5.69 Å². The lowest BCUT2D eigenvalue weighted by atomic mass is 10.2. The molecule has 0 saturated heterocycles. The minimum Gasteiger partial charge on any atom is -0.323 e. The lowest BCUT2D eigenvalue weighted by Crippen LogP contribution is -2.32. The van der Waals surface area contributed by atoms with Crippen molar-refractivity contribution in [2.24, 2.45) is 0 Å². The van der Waals surface area contributed by atoms with Gasteiger partial charge in [-0.05, 0) is 18.6 Å². The molecule has 0 aliphatic carbocycles. The minimum absolute atomic E-state index is 0.0788. The molecule has 0 aromatic heterocycles. The summed E-state index contributed by atoms with van der Waals surface area (Å²) in [6.07, 6.45) is 0. The number of carbonyl (C=O) groups excluding carboxylic acids is 1. The van der Waals surface area contributed by atoms with E-state index in [1.807, 2.05) is 32.9 Å². The highest BCUT2D eigenvalue weighted by molar-refractivity contribution is 6.33. The van der Waals surface area contributed by atoms with Crippen molar-refractivity contribution < 1.29 is 4.79 Å². The largest absolute Gasteiger partial charge is 0.323 e. The van der Waals surface area contributed by atoms with Crippen LogP contribution in [0.15, 0.2) is 18.2 Å². The third-order valence-electron chi connectivity index (χ3n) is 2.16. The summed E-state index contributed by atoms with van der Waals surface area (Å²) in [7, 11) is 0. The number of aryl methyl sites for hydroxylation is 1. The lowest BCUT2D eigenvalue weighted by Gasteiger charge is -2.11. The standard InChI is InChI=1S/C12H17ClN2O/c1-8(2)14-7-11(16)15-12-9(3)5-4-6-10(12)13/h4-6,8,14H,7H2,1-3H3,(H,15,16). The fourth-order valence-electron chi connectivity index (χ4n) is 1.27. The van der Waals surface area contributed by atoms with E-state index in [2.05, 4.69) is 10.6 Å². The second-order valence-electron chi connectivity index (χ2n) is 4.02. The Morgan fingerprint density at radius 2 is 2.12 bits per heavy atom. The van der Waals surface area contributed by atoms with Gasteiger partial charge in [-0.2, -0.15) is 0 Å². The maximum atomic E-state index is 11.6. The van der Waals surface area contributed by atoms with E-state index >= 15 is 0 Å². The monoisotopic (exact) mass is 240 g/mol. The van der Waals surface area contributed by atoms with E-state index in [0.29, 0.717) is 17.3 Å². The number of hydrogen-bond donors (Lipinski definition) is 2. The van der Waals surface area contributed by atoms with Crippen LogP contribution < -0.4 is 10.6 Å². The van der Waals surface area contributed by atoms with Gasteiger partial charge in [0, 0.05) is 6.04 Å². The number of hydrogen-bond acceptors (Lipinski definition) is 2. The fourth-order valence-corrected chi connectivity index (χ4v) is 1.54. The number of amides is 1. The molecular weight excluding hydrogens is 224 g/mol. The number of rotatable bonds is 4. The van der Waals surface area contributed by atoms with Crippen LogP contribution in [0.1, 0.15) is 19.4 Å². The zero-order chi connectivity index (χ0) is 12.1. The third-order valence-corrected chi connectivity index (χ3v) is 2.47. The molecule has 0 bridgehead atoms. The second kappa shape index (κ2) is 5.87. The summed E-state index contributed by atoms with van der Waals surface area (Å²) in [6, 6.07) is 5.83. The second-order valence-corrected chi connectivity index (χ2v) is 4.42. The van der Waals surface area contributed by atoms with E-state index in [0.717, 1.165) is 5.56 Å². The van der Waals surface area contributed by atoms with Crippen LogP contribution in [-0.2, 0) is 4.79 Å². The molecule has 0 heterocycles. The van der Waals surface area contributed by atoms with Crippen molar-refractivity contribution in [3.8, 4) is 0 Å². The highest BCUT2D eigenvalue weighted by Gasteiger charge is 2.08. The summed E-state index contributed by atoms with van der Waals surface area (Å²) in [6.45, 7) is 6.20. The summed E-state index contributed by atoms with van der Waals surface area (Å²) < 4.78 is 0. The quantitative estimate of drug-likeness (QED) is 0.850. The maximum Gasteiger partial charge on any atom is 0.238 e. The van der Waals surface area contributed by atoms with Crippen LogP contribution in [0.3, 0.4) is 0 Å². The molecule has 4 heteroatoms. The Hall–Kier alpha value is -1.06. The molecule has 0 aliphatic rings. The van der Waals surface area contributed by atoms with Gasteiger partial charge in [0.25, 0.3) is 0 Å². The minimum atomic E-state index is -0.0788. The van der Waals surface area contributed by atoms with E-state index < -0.39 is 0 Å². The molecule has 1 rings (SSSR count). The van der Waals surface area contributed by atoms with Crippen molar-refractivity contribution in [2.75, 3.05) is 11.9 Å².